The van der Waals surface area contributed by atoms with E-state index in [2.05, 4.69) is 20.9 Å². The van der Waals surface area contributed by atoms with Gasteiger partial charge in [-0.2, -0.15) is 0 Å². The summed E-state index contributed by atoms with van der Waals surface area (Å²) in [5.74, 6) is 2.01. The first-order valence-electron chi connectivity index (χ1n) is 5.16. The second kappa shape index (κ2) is 4.89. The normalized spacial score (nSPS) is 10.6. The largest absolute Gasteiger partial charge is 0.496 e. The molecule has 1 aromatic carbocycles. The van der Waals surface area contributed by atoms with Gasteiger partial charge in [0.05, 0.1) is 13.7 Å². The van der Waals surface area contributed by atoms with Crippen LogP contribution < -0.4 is 10.5 Å². The number of aryl methyl sites for hydroxylation is 1. The lowest BCUT2D eigenvalue weighted by Gasteiger charge is -2.07. The maximum absolute atomic E-state index is 5.64. The Kier molecular flexibility index (Phi) is 3.49. The lowest BCUT2D eigenvalue weighted by atomic mass is 10.1. The van der Waals surface area contributed by atoms with Crippen LogP contribution in [-0.2, 0) is 6.54 Å². The molecule has 90 valence electrons. The average molecular weight is 297 g/mol. The fourth-order valence-electron chi connectivity index (χ4n) is 1.68. The van der Waals surface area contributed by atoms with Crippen LogP contribution >= 0.6 is 15.9 Å². The standard InChI is InChI=1S/C12H13BrN2O2/c1-7-15-12(11(6-14)17-7)9-5-8(13)3-4-10(9)16-2/h3-5H,6,14H2,1-2H3. The molecule has 0 saturated heterocycles. The highest BCUT2D eigenvalue weighted by atomic mass is 79.9. The van der Waals surface area contributed by atoms with Crippen LogP contribution in [0.25, 0.3) is 11.3 Å². The zero-order valence-electron chi connectivity index (χ0n) is 9.66. The molecule has 4 nitrogen and oxygen atoms in total. The average Bonchev–Trinajstić information content (AvgIpc) is 2.70. The van der Waals surface area contributed by atoms with E-state index in [-0.39, 0.29) is 0 Å². The van der Waals surface area contributed by atoms with Gasteiger partial charge in [0.25, 0.3) is 0 Å². The Labute approximate surface area is 108 Å². The van der Waals surface area contributed by atoms with Crippen LogP contribution in [0.1, 0.15) is 11.7 Å². The molecule has 17 heavy (non-hydrogen) atoms. The van der Waals surface area contributed by atoms with Gasteiger partial charge in [0.15, 0.2) is 5.89 Å². The number of hydrogen-bond donors (Lipinski definition) is 1. The van der Waals surface area contributed by atoms with Crippen molar-refractivity contribution in [1.82, 2.24) is 4.98 Å². The van der Waals surface area contributed by atoms with Crippen molar-refractivity contribution >= 4 is 15.9 Å². The van der Waals surface area contributed by atoms with Crippen LogP contribution in [0, 0.1) is 6.92 Å². The van der Waals surface area contributed by atoms with Crippen LogP contribution in [0.5, 0.6) is 5.75 Å². The number of rotatable bonds is 3. The van der Waals surface area contributed by atoms with Gasteiger partial charge in [0.1, 0.15) is 17.2 Å². The van der Waals surface area contributed by atoms with E-state index in [1.54, 1.807) is 14.0 Å². The summed E-state index contributed by atoms with van der Waals surface area (Å²) < 4.78 is 11.7. The summed E-state index contributed by atoms with van der Waals surface area (Å²) in [6, 6.07) is 5.73. The van der Waals surface area contributed by atoms with E-state index >= 15 is 0 Å². The summed E-state index contributed by atoms with van der Waals surface area (Å²) in [4.78, 5) is 4.35. The Morgan fingerprint density at radius 2 is 2.24 bits per heavy atom. The Morgan fingerprint density at radius 1 is 1.47 bits per heavy atom. The Balaban J connectivity index is 2.61. The first kappa shape index (κ1) is 12.1. The van der Waals surface area contributed by atoms with Gasteiger partial charge in [0, 0.05) is 17.0 Å². The van der Waals surface area contributed by atoms with Gasteiger partial charge in [-0.3, -0.25) is 0 Å². The summed E-state index contributed by atoms with van der Waals surface area (Å²) >= 11 is 3.43. The third kappa shape index (κ3) is 2.35. The molecule has 2 aromatic rings. The molecule has 0 aliphatic rings. The van der Waals surface area contributed by atoms with Crippen molar-refractivity contribution in [2.24, 2.45) is 5.73 Å². The first-order valence-corrected chi connectivity index (χ1v) is 5.95. The van der Waals surface area contributed by atoms with Crippen molar-refractivity contribution in [3.63, 3.8) is 0 Å². The van der Waals surface area contributed by atoms with Gasteiger partial charge >= 0.3 is 0 Å². The van der Waals surface area contributed by atoms with Crippen LogP contribution in [0.2, 0.25) is 0 Å². The summed E-state index contributed by atoms with van der Waals surface area (Å²) in [6.07, 6.45) is 0. The van der Waals surface area contributed by atoms with E-state index in [0.717, 1.165) is 21.5 Å². The second-order valence-corrected chi connectivity index (χ2v) is 4.47. The van der Waals surface area contributed by atoms with E-state index < -0.39 is 0 Å². The minimum absolute atomic E-state index is 0.311. The number of nitrogens with two attached hydrogens (primary N) is 1. The van der Waals surface area contributed by atoms with Gasteiger partial charge < -0.3 is 14.9 Å². The van der Waals surface area contributed by atoms with Crippen molar-refractivity contribution in [3.05, 3.63) is 34.3 Å². The molecule has 0 amide bonds. The van der Waals surface area contributed by atoms with Crippen LogP contribution in [0.15, 0.2) is 27.1 Å². The number of hydrogen-bond acceptors (Lipinski definition) is 4. The summed E-state index contributed by atoms with van der Waals surface area (Å²) in [7, 11) is 1.63. The first-order chi connectivity index (χ1) is 8.15. The maximum atomic E-state index is 5.64. The predicted molar refractivity (Wildman–Crippen MR) is 68.8 cm³/mol. The Bertz CT molecular complexity index is 537. The summed E-state index contributed by atoms with van der Waals surface area (Å²) in [6.45, 7) is 2.11. The molecule has 1 heterocycles. The third-order valence-electron chi connectivity index (χ3n) is 2.41. The van der Waals surface area contributed by atoms with Crippen molar-refractivity contribution in [2.45, 2.75) is 13.5 Å². The molecule has 5 heteroatoms. The Hall–Kier alpha value is -1.33. The molecule has 0 radical (unpaired) electrons. The topological polar surface area (TPSA) is 61.3 Å². The van der Waals surface area contributed by atoms with E-state index in [4.69, 9.17) is 14.9 Å². The van der Waals surface area contributed by atoms with E-state index in [1.165, 1.54) is 0 Å². The van der Waals surface area contributed by atoms with E-state index in [0.29, 0.717) is 18.2 Å². The smallest absolute Gasteiger partial charge is 0.191 e. The second-order valence-electron chi connectivity index (χ2n) is 3.55. The van der Waals surface area contributed by atoms with Crippen LogP contribution in [0.3, 0.4) is 0 Å². The number of ether oxygens (including phenoxy) is 1. The SMILES string of the molecule is COc1ccc(Br)cc1-c1nc(C)oc1CN. The molecule has 1 aromatic heterocycles. The number of halogens is 1. The zero-order chi connectivity index (χ0) is 12.4. The van der Waals surface area contributed by atoms with Gasteiger partial charge in [-0.1, -0.05) is 15.9 Å². The summed E-state index contributed by atoms with van der Waals surface area (Å²) in [5, 5.41) is 0. The van der Waals surface area contributed by atoms with E-state index in [9.17, 15) is 0 Å². The molecule has 0 aliphatic carbocycles. The molecular formula is C12H13BrN2O2. The minimum atomic E-state index is 0.311. The molecule has 2 rings (SSSR count). The van der Waals surface area contributed by atoms with Crippen LogP contribution in [0.4, 0.5) is 0 Å². The predicted octanol–water partition coefficient (Wildman–Crippen LogP) is 2.88. The fourth-order valence-corrected chi connectivity index (χ4v) is 2.04. The highest BCUT2D eigenvalue weighted by Crippen LogP contribution is 2.34. The van der Waals surface area contributed by atoms with Crippen molar-refractivity contribution in [2.75, 3.05) is 7.11 Å². The van der Waals surface area contributed by atoms with Crippen molar-refractivity contribution < 1.29 is 9.15 Å². The van der Waals surface area contributed by atoms with E-state index in [1.807, 2.05) is 18.2 Å². The number of benzene rings is 1. The molecule has 0 spiro atoms. The molecule has 2 N–H and O–H groups in total. The molecule has 0 fully saturated rings. The number of aromatic nitrogens is 1. The molecular weight excluding hydrogens is 284 g/mol. The highest BCUT2D eigenvalue weighted by Gasteiger charge is 2.16. The zero-order valence-corrected chi connectivity index (χ0v) is 11.2. The highest BCUT2D eigenvalue weighted by molar-refractivity contribution is 9.10. The third-order valence-corrected chi connectivity index (χ3v) is 2.90. The number of nitrogens with zero attached hydrogens (tertiary/aromatic N) is 1. The van der Waals surface area contributed by atoms with Crippen molar-refractivity contribution in [3.8, 4) is 17.0 Å². The lowest BCUT2D eigenvalue weighted by molar-refractivity contribution is 0.416. The Morgan fingerprint density at radius 3 is 2.88 bits per heavy atom. The molecule has 0 unspecified atom stereocenters. The fraction of sp³-hybridized carbons (Fsp3) is 0.250. The lowest BCUT2D eigenvalue weighted by Crippen LogP contribution is -1.97. The molecule has 0 saturated carbocycles. The van der Waals surface area contributed by atoms with Gasteiger partial charge in [-0.05, 0) is 18.2 Å². The van der Waals surface area contributed by atoms with Gasteiger partial charge in [-0.25, -0.2) is 4.98 Å². The minimum Gasteiger partial charge on any atom is -0.496 e. The quantitative estimate of drug-likeness (QED) is 0.946. The summed E-state index contributed by atoms with van der Waals surface area (Å²) in [5.41, 5.74) is 7.26. The number of methoxy groups -OCH3 is 1. The number of oxazole rings is 1. The van der Waals surface area contributed by atoms with Gasteiger partial charge in [0.2, 0.25) is 0 Å². The molecule has 0 aliphatic heterocycles. The van der Waals surface area contributed by atoms with Crippen molar-refractivity contribution in [1.29, 1.82) is 0 Å². The molecule has 0 atom stereocenters. The molecule has 0 bridgehead atoms. The van der Waals surface area contributed by atoms with Gasteiger partial charge in [-0.15, -0.1) is 0 Å². The van der Waals surface area contributed by atoms with Crippen LogP contribution in [-0.4, -0.2) is 12.1 Å². The maximum Gasteiger partial charge on any atom is 0.191 e. The monoisotopic (exact) mass is 296 g/mol.